The van der Waals surface area contributed by atoms with E-state index in [1.54, 1.807) is 24.3 Å². The van der Waals surface area contributed by atoms with Crippen molar-refractivity contribution in [2.24, 2.45) is 0 Å². The van der Waals surface area contributed by atoms with E-state index in [2.05, 4.69) is 5.32 Å². The number of amides is 2. The molecule has 0 spiro atoms. The number of carbonyl (C=O) groups excluding carboxylic acids is 3. The largest absolute Gasteiger partial charge is 0.548 e. The van der Waals surface area contributed by atoms with Gasteiger partial charge in [0.2, 0.25) is 0 Å². The third kappa shape index (κ3) is 3.05. The van der Waals surface area contributed by atoms with E-state index < -0.39 is 29.0 Å². The van der Waals surface area contributed by atoms with Crippen LogP contribution in [-0.4, -0.2) is 29.0 Å². The predicted molar refractivity (Wildman–Crippen MR) is 68.4 cm³/mol. The summed E-state index contributed by atoms with van der Waals surface area (Å²) in [6, 6.07) is 7.01. The average Bonchev–Trinajstić information content (AvgIpc) is 2.66. The third-order valence-electron chi connectivity index (χ3n) is 2.62. The Labute approximate surface area is 113 Å². The molecule has 1 fully saturated rings. The van der Waals surface area contributed by atoms with Crippen LogP contribution >= 0.6 is 11.8 Å². The van der Waals surface area contributed by atoms with Crippen molar-refractivity contribution in [3.05, 3.63) is 29.8 Å². The lowest BCUT2D eigenvalue weighted by atomic mass is 10.2. The van der Waals surface area contributed by atoms with Gasteiger partial charge in [-0.2, -0.15) is 0 Å². The van der Waals surface area contributed by atoms with Gasteiger partial charge >= 0.3 is 0 Å². The fourth-order valence-corrected chi connectivity index (χ4v) is 2.59. The molecular weight excluding hydrogens is 268 g/mol. The number of thioether (sulfide) groups is 1. The van der Waals surface area contributed by atoms with Gasteiger partial charge < -0.3 is 14.8 Å². The van der Waals surface area contributed by atoms with Gasteiger partial charge in [0.25, 0.3) is 11.1 Å². The fraction of sp³-hybridized carbons (Fsp3) is 0.250. The first-order valence-electron chi connectivity index (χ1n) is 5.52. The smallest absolute Gasteiger partial charge is 0.288 e. The van der Waals surface area contributed by atoms with Gasteiger partial charge in [-0.3, -0.25) is 14.9 Å². The standard InChI is InChI=1S/C12H12N2O4S/c1-7-2-4-8(5-3-7)14(6-9(15)16)11-10(17)13-12(18)19-11/h2-5,11H,6H2,1H3,(H,15,16)(H,13,17,18)/p-1/t11-/m0/s1. The molecule has 100 valence electrons. The highest BCUT2D eigenvalue weighted by atomic mass is 32.2. The Morgan fingerprint density at radius 3 is 2.47 bits per heavy atom. The second-order valence-corrected chi connectivity index (χ2v) is 5.14. The average molecular weight is 279 g/mol. The highest BCUT2D eigenvalue weighted by molar-refractivity contribution is 8.15. The highest BCUT2D eigenvalue weighted by Crippen LogP contribution is 2.27. The molecule has 1 aromatic rings. The molecule has 1 heterocycles. The lowest BCUT2D eigenvalue weighted by molar-refractivity contribution is -0.303. The van der Waals surface area contributed by atoms with Gasteiger partial charge in [0, 0.05) is 5.69 Å². The molecule has 0 aliphatic carbocycles. The Bertz CT molecular complexity index is 529. The Kier molecular flexibility index (Phi) is 3.75. The van der Waals surface area contributed by atoms with Crippen LogP contribution in [0.15, 0.2) is 24.3 Å². The van der Waals surface area contributed by atoms with Crippen LogP contribution in [0.3, 0.4) is 0 Å². The molecule has 6 nitrogen and oxygen atoms in total. The summed E-state index contributed by atoms with van der Waals surface area (Å²) in [6.07, 6.45) is 0. The lowest BCUT2D eigenvalue weighted by Gasteiger charge is -2.28. The number of nitrogens with zero attached hydrogens (tertiary/aromatic N) is 1. The lowest BCUT2D eigenvalue weighted by Crippen LogP contribution is -2.46. The minimum atomic E-state index is -1.31. The summed E-state index contributed by atoms with van der Waals surface area (Å²) < 4.78 is 0. The molecule has 2 amide bonds. The normalized spacial score (nSPS) is 18.3. The quantitative estimate of drug-likeness (QED) is 0.825. The summed E-state index contributed by atoms with van der Waals surface area (Å²) in [6.45, 7) is 1.44. The topological polar surface area (TPSA) is 89.5 Å². The summed E-state index contributed by atoms with van der Waals surface area (Å²) in [4.78, 5) is 35.0. The van der Waals surface area contributed by atoms with Gasteiger partial charge in [-0.15, -0.1) is 0 Å². The Morgan fingerprint density at radius 2 is 2.00 bits per heavy atom. The number of carboxylic acid groups (broad SMARTS) is 1. The summed E-state index contributed by atoms with van der Waals surface area (Å²) in [5, 5.41) is 11.6. The second-order valence-electron chi connectivity index (χ2n) is 4.08. The molecule has 0 aromatic heterocycles. The summed E-state index contributed by atoms with van der Waals surface area (Å²) in [5.41, 5.74) is 1.56. The monoisotopic (exact) mass is 279 g/mol. The number of hydrogen-bond donors (Lipinski definition) is 1. The molecule has 1 saturated heterocycles. The zero-order chi connectivity index (χ0) is 14.0. The number of anilines is 1. The molecule has 7 heteroatoms. The van der Waals surface area contributed by atoms with Crippen molar-refractivity contribution in [1.29, 1.82) is 0 Å². The van der Waals surface area contributed by atoms with Gasteiger partial charge in [0.1, 0.15) is 0 Å². The molecule has 1 aliphatic rings. The Hall–Kier alpha value is -2.02. The summed E-state index contributed by atoms with van der Waals surface area (Å²) >= 11 is 0.758. The van der Waals surface area contributed by atoms with E-state index in [0.29, 0.717) is 5.69 Å². The molecule has 19 heavy (non-hydrogen) atoms. The van der Waals surface area contributed by atoms with Crippen LogP contribution in [0.25, 0.3) is 0 Å². The molecule has 0 bridgehead atoms. The fourth-order valence-electron chi connectivity index (χ4n) is 1.74. The van der Waals surface area contributed by atoms with Gasteiger partial charge in [-0.25, -0.2) is 0 Å². The van der Waals surface area contributed by atoms with Crippen molar-refractivity contribution in [3.63, 3.8) is 0 Å². The molecular formula is C12H11N2O4S-. The van der Waals surface area contributed by atoms with Gasteiger partial charge in [0.05, 0.1) is 12.5 Å². The van der Waals surface area contributed by atoms with E-state index in [-0.39, 0.29) is 0 Å². The first-order chi connectivity index (χ1) is 8.97. The SMILES string of the molecule is Cc1ccc(N(CC(=O)[O-])[C@H]2SC(=O)NC2=O)cc1. The molecule has 2 rings (SSSR count). The number of carbonyl (C=O) groups is 3. The Balaban J connectivity index is 2.30. The zero-order valence-electron chi connectivity index (χ0n) is 10.1. The van der Waals surface area contributed by atoms with Crippen LogP contribution in [0.1, 0.15) is 5.56 Å². The van der Waals surface area contributed by atoms with E-state index in [4.69, 9.17) is 0 Å². The van der Waals surface area contributed by atoms with Gasteiger partial charge in [-0.1, -0.05) is 17.7 Å². The zero-order valence-corrected chi connectivity index (χ0v) is 10.9. The molecule has 0 unspecified atom stereocenters. The number of aryl methyl sites for hydroxylation is 1. The number of rotatable bonds is 4. The maximum absolute atomic E-state index is 11.6. The number of aliphatic carboxylic acids is 1. The van der Waals surface area contributed by atoms with E-state index in [1.807, 2.05) is 6.92 Å². The molecule has 1 aromatic carbocycles. The van der Waals surface area contributed by atoms with E-state index in [0.717, 1.165) is 17.3 Å². The van der Waals surface area contributed by atoms with Crippen molar-refractivity contribution in [2.45, 2.75) is 12.3 Å². The highest BCUT2D eigenvalue weighted by Gasteiger charge is 2.36. The minimum absolute atomic E-state index is 0.457. The van der Waals surface area contributed by atoms with Crippen molar-refractivity contribution in [2.75, 3.05) is 11.4 Å². The van der Waals surface area contributed by atoms with Crippen LogP contribution < -0.4 is 15.3 Å². The van der Waals surface area contributed by atoms with Crippen LogP contribution in [0.5, 0.6) is 0 Å². The van der Waals surface area contributed by atoms with Crippen LogP contribution in [0.2, 0.25) is 0 Å². The summed E-state index contributed by atoms with van der Waals surface area (Å²) in [7, 11) is 0. The van der Waals surface area contributed by atoms with E-state index in [9.17, 15) is 19.5 Å². The maximum atomic E-state index is 11.6. The first-order valence-corrected chi connectivity index (χ1v) is 6.40. The van der Waals surface area contributed by atoms with Crippen molar-refractivity contribution in [3.8, 4) is 0 Å². The van der Waals surface area contributed by atoms with Gasteiger partial charge in [-0.05, 0) is 30.8 Å². The third-order valence-corrected chi connectivity index (χ3v) is 3.62. The van der Waals surface area contributed by atoms with Crippen LogP contribution in [-0.2, 0) is 9.59 Å². The number of benzene rings is 1. The molecule has 1 aliphatic heterocycles. The van der Waals surface area contributed by atoms with E-state index in [1.165, 1.54) is 4.90 Å². The van der Waals surface area contributed by atoms with Crippen molar-refractivity contribution in [1.82, 2.24) is 5.32 Å². The second kappa shape index (κ2) is 5.31. The number of imide groups is 1. The molecule has 0 radical (unpaired) electrons. The molecule has 1 N–H and O–H groups in total. The van der Waals surface area contributed by atoms with Crippen molar-refractivity contribution < 1.29 is 19.5 Å². The maximum Gasteiger partial charge on any atom is 0.288 e. The first kappa shape index (κ1) is 13.4. The molecule has 1 atom stereocenters. The predicted octanol–water partition coefficient (Wildman–Crippen LogP) is -0.140. The van der Waals surface area contributed by atoms with Crippen LogP contribution in [0, 0.1) is 6.92 Å². The Morgan fingerprint density at radius 1 is 1.37 bits per heavy atom. The van der Waals surface area contributed by atoms with Crippen molar-refractivity contribution >= 4 is 34.6 Å². The number of carboxylic acids is 1. The minimum Gasteiger partial charge on any atom is -0.548 e. The van der Waals surface area contributed by atoms with Gasteiger partial charge in [0.15, 0.2) is 5.37 Å². The van der Waals surface area contributed by atoms with E-state index >= 15 is 0 Å². The number of nitrogens with one attached hydrogen (secondary N) is 1. The summed E-state index contributed by atoms with van der Waals surface area (Å²) in [5.74, 6) is -1.83. The van der Waals surface area contributed by atoms with Crippen LogP contribution in [0.4, 0.5) is 10.5 Å². The molecule has 0 saturated carbocycles. The number of hydrogen-bond acceptors (Lipinski definition) is 6.